The first-order chi connectivity index (χ1) is 14.2. The van der Waals surface area contributed by atoms with Gasteiger partial charge in [0.2, 0.25) is 0 Å². The van der Waals surface area contributed by atoms with Crippen molar-refractivity contribution >= 4 is 17.1 Å². The summed E-state index contributed by atoms with van der Waals surface area (Å²) in [4.78, 5) is 20.8. The topological polar surface area (TPSA) is 95.1 Å². The third kappa shape index (κ3) is 3.36. The van der Waals surface area contributed by atoms with Crippen molar-refractivity contribution in [3.05, 3.63) is 71.0 Å². The van der Waals surface area contributed by atoms with Gasteiger partial charge in [-0.3, -0.25) is 9.78 Å². The Kier molecular flexibility index (Phi) is 4.28. The molecule has 0 radical (unpaired) electrons. The second kappa shape index (κ2) is 7.10. The maximum atomic E-state index is 13.4. The number of oxazole rings is 1. The number of fused-ring (bicyclic) bond motifs is 1. The summed E-state index contributed by atoms with van der Waals surface area (Å²) in [5.41, 5.74) is 2.18. The lowest BCUT2D eigenvalue weighted by molar-refractivity contribution is 0.182. The molecule has 1 fully saturated rings. The van der Waals surface area contributed by atoms with Crippen LogP contribution >= 0.6 is 0 Å². The normalized spacial score (nSPS) is 18.9. The van der Waals surface area contributed by atoms with Gasteiger partial charge in [0.25, 0.3) is 11.6 Å². The van der Waals surface area contributed by atoms with Gasteiger partial charge in [0, 0.05) is 30.1 Å². The van der Waals surface area contributed by atoms with Gasteiger partial charge in [0.1, 0.15) is 17.4 Å². The van der Waals surface area contributed by atoms with Gasteiger partial charge in [-0.05, 0) is 30.3 Å². The van der Waals surface area contributed by atoms with Crippen LogP contribution in [0.15, 0.2) is 64.1 Å². The first-order valence-electron chi connectivity index (χ1n) is 9.08. The highest BCUT2D eigenvalue weighted by Gasteiger charge is 2.32. The van der Waals surface area contributed by atoms with Gasteiger partial charge in [0.05, 0.1) is 24.9 Å². The second-order valence-electron chi connectivity index (χ2n) is 6.72. The fourth-order valence-corrected chi connectivity index (χ4v) is 3.38. The van der Waals surface area contributed by atoms with Crippen LogP contribution in [0.25, 0.3) is 22.4 Å². The van der Waals surface area contributed by atoms with Crippen LogP contribution in [-0.2, 0) is 4.74 Å². The van der Waals surface area contributed by atoms with Gasteiger partial charge < -0.3 is 14.5 Å². The smallest absolute Gasteiger partial charge is 0.296 e. The van der Waals surface area contributed by atoms with Crippen LogP contribution in [0.3, 0.4) is 0 Å². The lowest BCUT2D eigenvalue weighted by Crippen LogP contribution is -2.37. The van der Waals surface area contributed by atoms with E-state index in [4.69, 9.17) is 9.15 Å². The van der Waals surface area contributed by atoms with Crippen LogP contribution in [0.4, 0.5) is 10.4 Å². The first kappa shape index (κ1) is 17.5. The molecule has 1 saturated heterocycles. The maximum absolute atomic E-state index is 13.4. The summed E-state index contributed by atoms with van der Waals surface area (Å²) in [6.07, 6.45) is 3.34. The molecule has 0 aliphatic carbocycles. The SMILES string of the molecule is O=c1ccc(-c2ccncc2)nn1C1COCC1Nc1nc2cc(F)ccc2o1. The number of hydrogen-bond acceptors (Lipinski definition) is 7. The lowest BCUT2D eigenvalue weighted by atomic mass is 10.1. The highest BCUT2D eigenvalue weighted by molar-refractivity contribution is 5.74. The van der Waals surface area contributed by atoms with Crippen LogP contribution in [0.2, 0.25) is 0 Å². The number of hydrogen-bond donors (Lipinski definition) is 1. The van der Waals surface area contributed by atoms with E-state index >= 15 is 0 Å². The second-order valence-corrected chi connectivity index (χ2v) is 6.72. The predicted molar refractivity (Wildman–Crippen MR) is 103 cm³/mol. The molecule has 2 unspecified atom stereocenters. The van der Waals surface area contributed by atoms with E-state index in [0.717, 1.165) is 5.56 Å². The molecule has 9 heteroatoms. The van der Waals surface area contributed by atoms with Crippen molar-refractivity contribution in [2.45, 2.75) is 12.1 Å². The Morgan fingerprint density at radius 2 is 1.97 bits per heavy atom. The molecule has 0 saturated carbocycles. The average Bonchev–Trinajstić information content (AvgIpc) is 3.35. The summed E-state index contributed by atoms with van der Waals surface area (Å²) in [5.74, 6) is -0.386. The monoisotopic (exact) mass is 393 g/mol. The first-order valence-corrected chi connectivity index (χ1v) is 9.08. The summed E-state index contributed by atoms with van der Waals surface area (Å²) >= 11 is 0. The van der Waals surface area contributed by atoms with E-state index in [-0.39, 0.29) is 29.5 Å². The van der Waals surface area contributed by atoms with Crippen molar-refractivity contribution in [2.24, 2.45) is 0 Å². The Balaban J connectivity index is 1.45. The van der Waals surface area contributed by atoms with Crippen LogP contribution in [-0.4, -0.2) is 39.0 Å². The van der Waals surface area contributed by atoms with E-state index in [1.54, 1.807) is 18.5 Å². The van der Waals surface area contributed by atoms with Crippen molar-refractivity contribution in [1.29, 1.82) is 0 Å². The molecule has 3 aromatic heterocycles. The van der Waals surface area contributed by atoms with Gasteiger partial charge in [-0.2, -0.15) is 10.1 Å². The van der Waals surface area contributed by atoms with E-state index in [0.29, 0.717) is 30.0 Å². The third-order valence-electron chi connectivity index (χ3n) is 4.82. The van der Waals surface area contributed by atoms with Crippen LogP contribution in [0.1, 0.15) is 6.04 Å². The highest BCUT2D eigenvalue weighted by atomic mass is 19.1. The van der Waals surface area contributed by atoms with Crippen LogP contribution < -0.4 is 10.9 Å². The van der Waals surface area contributed by atoms with E-state index in [9.17, 15) is 9.18 Å². The number of nitrogens with zero attached hydrogens (tertiary/aromatic N) is 4. The maximum Gasteiger partial charge on any atom is 0.296 e. The molecule has 4 heterocycles. The fourth-order valence-electron chi connectivity index (χ4n) is 3.38. The third-order valence-corrected chi connectivity index (χ3v) is 4.82. The summed E-state index contributed by atoms with van der Waals surface area (Å²) in [5, 5.41) is 7.68. The quantitative estimate of drug-likeness (QED) is 0.569. The molecule has 4 aromatic rings. The molecular weight excluding hydrogens is 377 g/mol. The van der Waals surface area contributed by atoms with Gasteiger partial charge in [-0.1, -0.05) is 0 Å². The number of rotatable bonds is 4. The molecule has 1 aromatic carbocycles. The van der Waals surface area contributed by atoms with Crippen LogP contribution in [0.5, 0.6) is 0 Å². The van der Waals surface area contributed by atoms with E-state index in [1.807, 2.05) is 12.1 Å². The minimum atomic E-state index is -0.386. The molecule has 0 bridgehead atoms. The van der Waals surface area contributed by atoms with Crippen LogP contribution in [0, 0.1) is 5.82 Å². The summed E-state index contributed by atoms with van der Waals surface area (Å²) in [6.45, 7) is 0.671. The zero-order chi connectivity index (χ0) is 19.8. The van der Waals surface area contributed by atoms with E-state index in [1.165, 1.54) is 28.9 Å². The molecule has 1 aliphatic heterocycles. The molecule has 1 N–H and O–H groups in total. The zero-order valence-electron chi connectivity index (χ0n) is 15.2. The Morgan fingerprint density at radius 3 is 2.83 bits per heavy atom. The molecule has 146 valence electrons. The minimum Gasteiger partial charge on any atom is -0.424 e. The highest BCUT2D eigenvalue weighted by Crippen LogP contribution is 2.25. The molecular formula is C20H16FN5O3. The summed E-state index contributed by atoms with van der Waals surface area (Å²) in [6, 6.07) is 10.6. The van der Waals surface area contributed by atoms with Crippen molar-refractivity contribution in [3.63, 3.8) is 0 Å². The minimum absolute atomic E-state index is 0.232. The molecule has 1 aliphatic rings. The predicted octanol–water partition coefficient (Wildman–Crippen LogP) is 2.64. The number of anilines is 1. The molecule has 0 spiro atoms. The Hall–Kier alpha value is -3.59. The van der Waals surface area contributed by atoms with Crippen molar-refractivity contribution in [3.8, 4) is 11.3 Å². The molecule has 0 amide bonds. The lowest BCUT2D eigenvalue weighted by Gasteiger charge is -2.19. The number of pyridine rings is 1. The Bertz CT molecular complexity index is 1220. The Morgan fingerprint density at radius 1 is 1.10 bits per heavy atom. The van der Waals surface area contributed by atoms with Crippen molar-refractivity contribution < 1.29 is 13.5 Å². The van der Waals surface area contributed by atoms with Gasteiger partial charge in [0.15, 0.2) is 5.58 Å². The molecule has 8 nitrogen and oxygen atoms in total. The summed E-state index contributed by atoms with van der Waals surface area (Å²) < 4.78 is 26.0. The van der Waals surface area contributed by atoms with Gasteiger partial charge in [-0.15, -0.1) is 0 Å². The standard InChI is InChI=1S/C20H16FN5O3/c21-13-1-3-18-15(9-13)23-20(29-18)24-16-10-28-11-17(16)26-19(27)4-2-14(25-26)12-5-7-22-8-6-12/h1-9,16-17H,10-11H2,(H,23,24). The van der Waals surface area contributed by atoms with E-state index < -0.39 is 0 Å². The van der Waals surface area contributed by atoms with Crippen molar-refractivity contribution in [2.75, 3.05) is 18.5 Å². The zero-order valence-corrected chi connectivity index (χ0v) is 15.2. The van der Waals surface area contributed by atoms with Gasteiger partial charge >= 0.3 is 0 Å². The molecule has 2 atom stereocenters. The molecule has 29 heavy (non-hydrogen) atoms. The number of aromatic nitrogens is 4. The van der Waals surface area contributed by atoms with E-state index in [2.05, 4.69) is 20.4 Å². The number of ether oxygens (including phenoxy) is 1. The number of nitrogens with one attached hydrogen (secondary N) is 1. The van der Waals surface area contributed by atoms with Gasteiger partial charge in [-0.25, -0.2) is 9.07 Å². The average molecular weight is 393 g/mol. The fraction of sp³-hybridized carbons (Fsp3) is 0.200. The summed E-state index contributed by atoms with van der Waals surface area (Å²) in [7, 11) is 0. The largest absolute Gasteiger partial charge is 0.424 e. The molecule has 5 rings (SSSR count). The number of halogens is 1. The van der Waals surface area contributed by atoms with Crippen molar-refractivity contribution in [1.82, 2.24) is 19.7 Å². The Labute approximate surface area is 164 Å². The number of benzene rings is 1.